The molecule has 3 aromatic rings. The number of carbonyl (C=O) groups excluding carboxylic acids is 2. The zero-order chi connectivity index (χ0) is 21.8. The summed E-state index contributed by atoms with van der Waals surface area (Å²) in [4.78, 5) is 39.1. The number of esters is 1. The van der Waals surface area contributed by atoms with E-state index in [-0.39, 0.29) is 24.4 Å². The first-order valence-electron chi connectivity index (χ1n) is 10.2. The van der Waals surface area contributed by atoms with Gasteiger partial charge in [0.15, 0.2) is 0 Å². The van der Waals surface area contributed by atoms with Crippen LogP contribution in [0.25, 0.3) is 22.3 Å². The smallest absolute Gasteiger partial charge is 0.328 e. The molecule has 0 spiro atoms. The van der Waals surface area contributed by atoms with E-state index in [1.54, 1.807) is 32.3 Å². The van der Waals surface area contributed by atoms with E-state index < -0.39 is 6.04 Å². The Bertz CT molecular complexity index is 1040. The van der Waals surface area contributed by atoms with Gasteiger partial charge in [-0.3, -0.25) is 9.78 Å². The predicted molar refractivity (Wildman–Crippen MR) is 116 cm³/mol. The summed E-state index contributed by atoms with van der Waals surface area (Å²) in [6, 6.07) is 8.50. The van der Waals surface area contributed by atoms with Gasteiger partial charge in [0.25, 0.3) is 5.91 Å². The fourth-order valence-electron chi connectivity index (χ4n) is 3.48. The summed E-state index contributed by atoms with van der Waals surface area (Å²) in [6.45, 7) is 7.99. The van der Waals surface area contributed by atoms with Crippen LogP contribution in [0.4, 0.5) is 0 Å². The topological polar surface area (TPSA) is 88.2 Å². The number of rotatable bonds is 7. The molecule has 1 aromatic carbocycles. The molecule has 0 aliphatic carbocycles. The molecule has 2 heterocycles. The van der Waals surface area contributed by atoms with Gasteiger partial charge in [-0.25, -0.2) is 9.78 Å². The fraction of sp³-hybridized carbons (Fsp3) is 0.391. The van der Waals surface area contributed by atoms with Crippen molar-refractivity contribution in [1.29, 1.82) is 0 Å². The van der Waals surface area contributed by atoms with E-state index in [0.717, 1.165) is 28.1 Å². The molecule has 0 unspecified atom stereocenters. The summed E-state index contributed by atoms with van der Waals surface area (Å²) >= 11 is 0. The number of amides is 1. The third-order valence-corrected chi connectivity index (χ3v) is 4.97. The fourth-order valence-corrected chi connectivity index (χ4v) is 3.48. The number of fused-ring (bicyclic) bond motifs is 1. The van der Waals surface area contributed by atoms with Crippen LogP contribution in [0.1, 0.15) is 43.4 Å². The molecule has 0 aliphatic rings. The Kier molecular flexibility index (Phi) is 6.50. The molecule has 0 fully saturated rings. The number of carbonyl (C=O) groups is 2. The summed E-state index contributed by atoms with van der Waals surface area (Å²) in [5.74, 6) is 0.481. The van der Waals surface area contributed by atoms with Crippen LogP contribution in [0.3, 0.4) is 0 Å². The van der Waals surface area contributed by atoms with Crippen molar-refractivity contribution in [2.75, 3.05) is 13.7 Å². The minimum atomic E-state index is -0.612. The monoisotopic (exact) mass is 408 g/mol. The highest BCUT2D eigenvalue weighted by molar-refractivity contribution is 5.97. The van der Waals surface area contributed by atoms with Gasteiger partial charge in [-0.05, 0) is 44.4 Å². The molecule has 2 aromatic heterocycles. The molecule has 1 atom stereocenters. The van der Waals surface area contributed by atoms with Gasteiger partial charge in [-0.15, -0.1) is 0 Å². The van der Waals surface area contributed by atoms with Crippen molar-refractivity contribution in [3.8, 4) is 11.3 Å². The van der Waals surface area contributed by atoms with Crippen LogP contribution < -0.4 is 0 Å². The van der Waals surface area contributed by atoms with Gasteiger partial charge >= 0.3 is 5.97 Å². The maximum absolute atomic E-state index is 13.0. The summed E-state index contributed by atoms with van der Waals surface area (Å²) in [5, 5.41) is 0. The number of hydrogen-bond acceptors (Lipinski definition) is 5. The number of likely N-dealkylation sites (N-methyl/N-ethyl adjacent to an activating group) is 1. The summed E-state index contributed by atoms with van der Waals surface area (Å²) in [5.41, 5.74) is 3.85. The Balaban J connectivity index is 1.85. The Morgan fingerprint density at radius 1 is 1.17 bits per heavy atom. The SMILES string of the molecule is CCOC(=O)[C@H](CC(C)C)N(C)C(=O)c1ccc(-c2nccc3[nH]c(C)nc23)cc1. The molecule has 158 valence electrons. The Morgan fingerprint density at radius 2 is 1.87 bits per heavy atom. The normalized spacial score (nSPS) is 12.2. The Hall–Kier alpha value is -3.22. The third kappa shape index (κ3) is 4.50. The zero-order valence-electron chi connectivity index (χ0n) is 18.1. The second-order valence-corrected chi connectivity index (χ2v) is 7.77. The minimum Gasteiger partial charge on any atom is -0.464 e. The molecule has 1 N–H and O–H groups in total. The van der Waals surface area contributed by atoms with Crippen molar-refractivity contribution in [1.82, 2.24) is 19.9 Å². The maximum Gasteiger partial charge on any atom is 0.328 e. The number of pyridine rings is 1. The first-order chi connectivity index (χ1) is 14.3. The lowest BCUT2D eigenvalue weighted by atomic mass is 10.0. The Labute approximate surface area is 176 Å². The van der Waals surface area contributed by atoms with Crippen LogP contribution in [0.2, 0.25) is 0 Å². The average Bonchev–Trinajstić information content (AvgIpc) is 3.11. The molecule has 30 heavy (non-hydrogen) atoms. The average molecular weight is 409 g/mol. The first-order valence-corrected chi connectivity index (χ1v) is 10.2. The van der Waals surface area contributed by atoms with Gasteiger partial charge in [0, 0.05) is 24.4 Å². The molecular weight excluding hydrogens is 380 g/mol. The zero-order valence-corrected chi connectivity index (χ0v) is 18.1. The molecule has 3 rings (SSSR count). The second-order valence-electron chi connectivity index (χ2n) is 7.77. The molecule has 0 bridgehead atoms. The van der Waals surface area contributed by atoms with Crippen LogP contribution in [0.5, 0.6) is 0 Å². The van der Waals surface area contributed by atoms with Crippen LogP contribution in [0, 0.1) is 12.8 Å². The van der Waals surface area contributed by atoms with Crippen molar-refractivity contribution in [2.24, 2.45) is 5.92 Å². The van der Waals surface area contributed by atoms with Gasteiger partial charge < -0.3 is 14.6 Å². The first kappa shape index (κ1) is 21.5. The molecule has 1 amide bonds. The number of ether oxygens (including phenoxy) is 1. The van der Waals surface area contributed by atoms with E-state index in [2.05, 4.69) is 15.0 Å². The maximum atomic E-state index is 13.0. The van der Waals surface area contributed by atoms with E-state index >= 15 is 0 Å². The lowest BCUT2D eigenvalue weighted by Gasteiger charge is -2.28. The van der Waals surface area contributed by atoms with Crippen molar-refractivity contribution >= 4 is 22.9 Å². The van der Waals surface area contributed by atoms with Gasteiger partial charge in [-0.2, -0.15) is 0 Å². The third-order valence-electron chi connectivity index (χ3n) is 4.97. The number of H-pyrrole nitrogens is 1. The van der Waals surface area contributed by atoms with E-state index in [0.29, 0.717) is 12.0 Å². The number of imidazole rings is 1. The van der Waals surface area contributed by atoms with Crippen molar-refractivity contribution < 1.29 is 14.3 Å². The number of aromatic nitrogens is 3. The standard InChI is InChI=1S/C23H28N4O3/c1-6-30-23(29)19(13-14(2)3)27(5)22(28)17-9-7-16(8-10-17)20-21-18(11-12-24-20)25-15(4)26-21/h7-12,14,19H,6,13H2,1-5H3,(H,25,26)/t19-/m0/s1. The van der Waals surface area contributed by atoms with Gasteiger partial charge in [0.05, 0.1) is 17.8 Å². The number of aromatic amines is 1. The molecular formula is C23H28N4O3. The van der Waals surface area contributed by atoms with E-state index in [1.165, 1.54) is 4.90 Å². The molecule has 7 heteroatoms. The predicted octanol–water partition coefficient (Wildman–Crippen LogP) is 3.98. The highest BCUT2D eigenvalue weighted by Crippen LogP contribution is 2.25. The molecule has 0 saturated heterocycles. The molecule has 0 radical (unpaired) electrons. The largest absolute Gasteiger partial charge is 0.464 e. The van der Waals surface area contributed by atoms with Gasteiger partial charge in [0.1, 0.15) is 17.4 Å². The van der Waals surface area contributed by atoms with Gasteiger partial charge in [-0.1, -0.05) is 26.0 Å². The Morgan fingerprint density at radius 3 is 2.50 bits per heavy atom. The summed E-state index contributed by atoms with van der Waals surface area (Å²) in [6.07, 6.45) is 2.28. The lowest BCUT2D eigenvalue weighted by Crippen LogP contribution is -2.44. The number of benzene rings is 1. The highest BCUT2D eigenvalue weighted by Gasteiger charge is 2.29. The van der Waals surface area contributed by atoms with Crippen molar-refractivity contribution in [2.45, 2.75) is 40.2 Å². The number of aryl methyl sites for hydroxylation is 1. The lowest BCUT2D eigenvalue weighted by molar-refractivity contribution is -0.148. The van der Waals surface area contributed by atoms with Crippen LogP contribution >= 0.6 is 0 Å². The van der Waals surface area contributed by atoms with Crippen LogP contribution in [-0.4, -0.2) is 51.4 Å². The van der Waals surface area contributed by atoms with Crippen LogP contribution in [-0.2, 0) is 9.53 Å². The summed E-state index contributed by atoms with van der Waals surface area (Å²) < 4.78 is 5.18. The number of hydrogen-bond donors (Lipinski definition) is 1. The van der Waals surface area contributed by atoms with Crippen molar-refractivity contribution in [3.05, 3.63) is 47.9 Å². The van der Waals surface area contributed by atoms with E-state index in [4.69, 9.17) is 4.74 Å². The van der Waals surface area contributed by atoms with Crippen LogP contribution in [0.15, 0.2) is 36.5 Å². The number of nitrogens with zero attached hydrogens (tertiary/aromatic N) is 3. The number of nitrogens with one attached hydrogen (secondary N) is 1. The second kappa shape index (κ2) is 9.07. The molecule has 7 nitrogen and oxygen atoms in total. The molecule has 0 saturated carbocycles. The van der Waals surface area contributed by atoms with Crippen molar-refractivity contribution in [3.63, 3.8) is 0 Å². The van der Waals surface area contributed by atoms with E-state index in [1.807, 2.05) is 39.0 Å². The molecule has 0 aliphatic heterocycles. The highest BCUT2D eigenvalue weighted by atomic mass is 16.5. The minimum absolute atomic E-state index is 0.220. The van der Waals surface area contributed by atoms with Gasteiger partial charge in [0.2, 0.25) is 0 Å². The van der Waals surface area contributed by atoms with E-state index in [9.17, 15) is 9.59 Å². The summed E-state index contributed by atoms with van der Waals surface area (Å²) in [7, 11) is 1.65. The quantitative estimate of drug-likeness (QED) is 0.597.